The summed E-state index contributed by atoms with van der Waals surface area (Å²) in [7, 11) is -3.67. The predicted octanol–water partition coefficient (Wildman–Crippen LogP) is 7.13. The minimum absolute atomic E-state index is 0.354. The Hall–Kier alpha value is -5.12. The summed E-state index contributed by atoms with van der Waals surface area (Å²) < 4.78 is 37.7. The molecule has 0 spiro atoms. The third kappa shape index (κ3) is 10.7. The van der Waals surface area contributed by atoms with Gasteiger partial charge in [0.05, 0.1) is 11.9 Å². The Kier molecular flexibility index (Phi) is 10.9. The molecule has 0 fully saturated rings. The second-order valence-corrected chi connectivity index (χ2v) is 10.9. The molecule has 8 nitrogen and oxygen atoms in total. The lowest BCUT2D eigenvalue weighted by Crippen LogP contribution is -2.33. The van der Waals surface area contributed by atoms with Crippen LogP contribution in [0.3, 0.4) is 0 Å². The fourth-order valence-electron chi connectivity index (χ4n) is 3.96. The molecule has 0 saturated carbocycles. The molecule has 0 heterocycles. The van der Waals surface area contributed by atoms with Crippen LogP contribution in [-0.4, -0.2) is 25.2 Å². The van der Waals surface area contributed by atoms with Crippen LogP contribution in [0.2, 0.25) is 0 Å². The Balaban J connectivity index is 0.000000782. The first-order valence-electron chi connectivity index (χ1n) is 13.4. The van der Waals surface area contributed by atoms with Gasteiger partial charge in [0, 0.05) is 11.4 Å². The maximum Gasteiger partial charge on any atom is 0.261 e. The second-order valence-electron chi connectivity index (χ2n) is 9.41. The normalized spacial score (nSPS) is 11.2. The number of para-hydroxylation sites is 1. The fraction of sp³-hybridized carbons (Fsp3) is 0.0882. The average Bonchev–Trinajstić information content (AvgIpc) is 3.01. The molecule has 0 aliphatic heterocycles. The van der Waals surface area contributed by atoms with Gasteiger partial charge in [-0.1, -0.05) is 78.9 Å². The average molecular weight is 596 g/mol. The number of anilines is 2. The van der Waals surface area contributed by atoms with Crippen molar-refractivity contribution in [1.29, 1.82) is 0 Å². The predicted molar refractivity (Wildman–Crippen MR) is 172 cm³/mol. The van der Waals surface area contributed by atoms with Crippen LogP contribution in [0.5, 0.6) is 11.5 Å². The highest BCUT2D eigenvalue weighted by atomic mass is 32.2. The number of guanidine groups is 1. The minimum Gasteiger partial charge on any atom is -0.489 e. The lowest BCUT2D eigenvalue weighted by atomic mass is 10.2. The monoisotopic (exact) mass is 595 g/mol. The number of nitrogens with zero attached hydrogens (tertiary/aromatic N) is 2. The highest BCUT2D eigenvalue weighted by Crippen LogP contribution is 2.28. The van der Waals surface area contributed by atoms with E-state index in [9.17, 15) is 8.42 Å². The molecule has 0 amide bonds. The first-order valence-corrected chi connectivity index (χ1v) is 15.2. The van der Waals surface area contributed by atoms with Gasteiger partial charge >= 0.3 is 0 Å². The summed E-state index contributed by atoms with van der Waals surface area (Å²) in [6.07, 6.45) is 0.715. The Morgan fingerprint density at radius 2 is 1.02 bits per heavy atom. The van der Waals surface area contributed by atoms with E-state index in [0.717, 1.165) is 39.7 Å². The summed E-state index contributed by atoms with van der Waals surface area (Å²) in [5.74, 6) is 1.91. The van der Waals surface area contributed by atoms with Crippen LogP contribution in [-0.2, 0) is 23.3 Å². The molecule has 220 valence electrons. The first-order chi connectivity index (χ1) is 20.7. The van der Waals surface area contributed by atoms with Crippen LogP contribution < -0.4 is 20.1 Å². The smallest absolute Gasteiger partial charge is 0.261 e. The van der Waals surface area contributed by atoms with Gasteiger partial charge in [0.15, 0.2) is 0 Å². The summed E-state index contributed by atoms with van der Waals surface area (Å²) in [4.78, 5) is 6.62. The van der Waals surface area contributed by atoms with E-state index in [1.54, 1.807) is 0 Å². The zero-order chi connectivity index (χ0) is 30.5. The lowest BCUT2D eigenvalue weighted by molar-refractivity contribution is 0.306. The Morgan fingerprint density at radius 1 is 0.651 bits per heavy atom. The molecular formula is C34H33N3O5S. The van der Waals surface area contributed by atoms with Crippen molar-refractivity contribution in [2.24, 2.45) is 10.7 Å². The number of benzene rings is 5. The fourth-order valence-corrected chi connectivity index (χ4v) is 3.96. The molecule has 0 aliphatic carbocycles. The van der Waals surface area contributed by atoms with E-state index >= 15 is 0 Å². The van der Waals surface area contributed by atoms with Crippen molar-refractivity contribution in [1.82, 2.24) is 0 Å². The van der Waals surface area contributed by atoms with Crippen LogP contribution in [0.15, 0.2) is 145 Å². The van der Waals surface area contributed by atoms with E-state index in [0.29, 0.717) is 25.4 Å². The van der Waals surface area contributed by atoms with Gasteiger partial charge < -0.3 is 15.2 Å². The maximum atomic E-state index is 9.19. The summed E-state index contributed by atoms with van der Waals surface area (Å²) in [6.45, 7) is 1.02. The van der Waals surface area contributed by atoms with Crippen molar-refractivity contribution in [3.8, 4) is 11.5 Å². The molecular weight excluding hydrogens is 562 g/mol. The standard InChI is InChI=1S/C33H29N3O2.CH4O3S/c34-33(35-28-16-20-31(21-17-28)37-24-26-10-4-1-5-11-26)36(29-14-8-3-9-15-29)30-18-22-32(23-19-30)38-25-27-12-6-2-7-13-27;1-5(2,3)4/h1-23H,24-25H2,(H2,34,35);1H3,(H,2,3,4). The molecule has 0 atom stereocenters. The Morgan fingerprint density at radius 3 is 1.47 bits per heavy atom. The van der Waals surface area contributed by atoms with E-state index in [1.807, 2.05) is 144 Å². The summed E-state index contributed by atoms with van der Waals surface area (Å²) >= 11 is 0. The molecule has 0 saturated heterocycles. The maximum absolute atomic E-state index is 9.19. The lowest BCUT2D eigenvalue weighted by Gasteiger charge is -2.24. The topological polar surface area (TPSA) is 114 Å². The van der Waals surface area contributed by atoms with Crippen molar-refractivity contribution < 1.29 is 22.4 Å². The molecule has 3 N–H and O–H groups in total. The molecule has 43 heavy (non-hydrogen) atoms. The van der Waals surface area contributed by atoms with Crippen LogP contribution in [0.4, 0.5) is 17.1 Å². The molecule has 5 aromatic rings. The van der Waals surface area contributed by atoms with Crippen molar-refractivity contribution in [3.05, 3.63) is 151 Å². The number of hydrogen-bond acceptors (Lipinski definition) is 5. The molecule has 0 bridgehead atoms. The number of aliphatic imine (C=N–C) groups is 1. The number of ether oxygens (including phenoxy) is 2. The zero-order valence-electron chi connectivity index (χ0n) is 23.7. The number of rotatable bonds is 9. The van der Waals surface area contributed by atoms with Crippen LogP contribution in [0.25, 0.3) is 0 Å². The van der Waals surface area contributed by atoms with Crippen LogP contribution in [0.1, 0.15) is 11.1 Å². The highest BCUT2D eigenvalue weighted by Gasteiger charge is 2.14. The third-order valence-electron chi connectivity index (χ3n) is 5.92. The van der Waals surface area contributed by atoms with Gasteiger partial charge in [-0.2, -0.15) is 8.42 Å². The molecule has 5 aromatic carbocycles. The molecule has 0 aromatic heterocycles. The Labute approximate surface area is 252 Å². The van der Waals surface area contributed by atoms with E-state index in [1.165, 1.54) is 0 Å². The summed E-state index contributed by atoms with van der Waals surface area (Å²) in [5, 5.41) is 0. The molecule has 0 unspecified atom stereocenters. The second kappa shape index (κ2) is 15.2. The number of nitrogens with two attached hydrogens (primary N) is 1. The van der Waals surface area contributed by atoms with Gasteiger partial charge in [0.2, 0.25) is 5.96 Å². The molecule has 0 aliphatic rings. The minimum atomic E-state index is -3.67. The zero-order valence-corrected chi connectivity index (χ0v) is 24.5. The summed E-state index contributed by atoms with van der Waals surface area (Å²) in [6, 6.07) is 45.6. The van der Waals surface area contributed by atoms with Gasteiger partial charge in [-0.25, -0.2) is 4.99 Å². The quantitative estimate of drug-likeness (QED) is 0.106. The van der Waals surface area contributed by atoms with Gasteiger partial charge in [-0.05, 0) is 71.8 Å². The number of hydrogen-bond donors (Lipinski definition) is 2. The van der Waals surface area contributed by atoms with Crippen LogP contribution >= 0.6 is 0 Å². The largest absolute Gasteiger partial charge is 0.489 e. The van der Waals surface area contributed by atoms with Crippen molar-refractivity contribution in [3.63, 3.8) is 0 Å². The van der Waals surface area contributed by atoms with Gasteiger partial charge in [-0.3, -0.25) is 9.45 Å². The molecule has 5 rings (SSSR count). The van der Waals surface area contributed by atoms with E-state index in [4.69, 9.17) is 24.8 Å². The van der Waals surface area contributed by atoms with E-state index in [-0.39, 0.29) is 0 Å². The van der Waals surface area contributed by atoms with Crippen LogP contribution in [0, 0.1) is 0 Å². The van der Waals surface area contributed by atoms with Crippen molar-refractivity contribution in [2.75, 3.05) is 11.2 Å². The molecule has 0 radical (unpaired) electrons. The molecule has 9 heteroatoms. The van der Waals surface area contributed by atoms with E-state index in [2.05, 4.69) is 0 Å². The third-order valence-corrected chi connectivity index (χ3v) is 5.92. The first kappa shape index (κ1) is 30.8. The van der Waals surface area contributed by atoms with Gasteiger partial charge in [-0.15, -0.1) is 0 Å². The SMILES string of the molecule is CS(=O)(=O)O.NC(=Nc1ccc(OCc2ccccc2)cc1)N(c1ccccc1)c1ccc(OCc2ccccc2)cc1. The Bertz CT molecular complexity index is 1670. The van der Waals surface area contributed by atoms with Crippen molar-refractivity contribution in [2.45, 2.75) is 13.2 Å². The van der Waals surface area contributed by atoms with E-state index < -0.39 is 10.1 Å². The van der Waals surface area contributed by atoms with Gasteiger partial charge in [0.1, 0.15) is 24.7 Å². The van der Waals surface area contributed by atoms with Gasteiger partial charge in [0.25, 0.3) is 10.1 Å². The summed E-state index contributed by atoms with van der Waals surface area (Å²) in [5.41, 5.74) is 11.3. The highest BCUT2D eigenvalue weighted by molar-refractivity contribution is 7.85. The van der Waals surface area contributed by atoms with Crippen molar-refractivity contribution >= 4 is 33.1 Å².